The number of hydrogen-bond acceptors (Lipinski definition) is 0. The van der Waals surface area contributed by atoms with Crippen molar-refractivity contribution in [2.45, 2.75) is 45.6 Å². The number of piperidine rings is 1. The van der Waals surface area contributed by atoms with Crippen molar-refractivity contribution >= 4 is 0 Å². The third-order valence-electron chi connectivity index (χ3n) is 4.11. The fraction of sp³-hybridized carbons (Fsp3) is 0.625. The van der Waals surface area contributed by atoms with E-state index in [1.165, 1.54) is 68.3 Å². The molecule has 0 bridgehead atoms. The SMILES string of the molecule is CCCC[N+]1(Cc2ccccc2)CCCCC1. The van der Waals surface area contributed by atoms with E-state index in [0.29, 0.717) is 0 Å². The van der Waals surface area contributed by atoms with E-state index in [9.17, 15) is 0 Å². The van der Waals surface area contributed by atoms with Gasteiger partial charge in [-0.3, -0.25) is 0 Å². The zero-order valence-corrected chi connectivity index (χ0v) is 11.2. The Morgan fingerprint density at radius 1 is 1.00 bits per heavy atom. The molecule has 2 rings (SSSR count). The molecule has 0 amide bonds. The number of rotatable bonds is 5. The number of benzene rings is 1. The van der Waals surface area contributed by atoms with Crippen LogP contribution < -0.4 is 0 Å². The van der Waals surface area contributed by atoms with E-state index in [1.807, 2.05) is 0 Å². The summed E-state index contributed by atoms with van der Waals surface area (Å²) < 4.78 is 1.35. The van der Waals surface area contributed by atoms with Gasteiger partial charge in [0, 0.05) is 5.56 Å². The normalized spacial score (nSPS) is 19.1. The maximum atomic E-state index is 2.31. The molecule has 0 unspecified atom stereocenters. The van der Waals surface area contributed by atoms with Crippen LogP contribution in [-0.2, 0) is 6.54 Å². The lowest BCUT2D eigenvalue weighted by atomic mass is 10.0. The maximum absolute atomic E-state index is 2.31. The second-order valence-corrected chi connectivity index (χ2v) is 5.57. The third-order valence-corrected chi connectivity index (χ3v) is 4.11. The van der Waals surface area contributed by atoms with Crippen LogP contribution in [-0.4, -0.2) is 24.1 Å². The number of likely N-dealkylation sites (tertiary alicyclic amines) is 1. The highest BCUT2D eigenvalue weighted by molar-refractivity contribution is 5.13. The van der Waals surface area contributed by atoms with Crippen LogP contribution in [0.2, 0.25) is 0 Å². The van der Waals surface area contributed by atoms with E-state index in [-0.39, 0.29) is 0 Å². The number of nitrogens with zero attached hydrogens (tertiary/aromatic N) is 1. The van der Waals surface area contributed by atoms with Crippen LogP contribution in [0.25, 0.3) is 0 Å². The Morgan fingerprint density at radius 2 is 1.71 bits per heavy atom. The van der Waals surface area contributed by atoms with Gasteiger partial charge in [-0.05, 0) is 25.7 Å². The van der Waals surface area contributed by atoms with E-state index < -0.39 is 0 Å². The Kier molecular flexibility index (Phi) is 4.61. The minimum atomic E-state index is 1.25. The smallest absolute Gasteiger partial charge is 0.104 e. The number of hydrogen-bond donors (Lipinski definition) is 0. The fourth-order valence-electron chi connectivity index (χ4n) is 3.11. The van der Waals surface area contributed by atoms with Gasteiger partial charge in [0.05, 0.1) is 19.6 Å². The quantitative estimate of drug-likeness (QED) is 0.673. The highest BCUT2D eigenvalue weighted by atomic mass is 15.4. The van der Waals surface area contributed by atoms with Crippen LogP contribution in [0.15, 0.2) is 30.3 Å². The average molecular weight is 232 g/mol. The van der Waals surface area contributed by atoms with Gasteiger partial charge in [0.25, 0.3) is 0 Å². The monoisotopic (exact) mass is 232 g/mol. The molecule has 1 aromatic rings. The number of quaternary nitrogens is 1. The van der Waals surface area contributed by atoms with Crippen molar-refractivity contribution in [1.82, 2.24) is 0 Å². The van der Waals surface area contributed by atoms with E-state index in [2.05, 4.69) is 37.3 Å². The van der Waals surface area contributed by atoms with Crippen LogP contribution in [0.3, 0.4) is 0 Å². The highest BCUT2D eigenvalue weighted by Crippen LogP contribution is 2.23. The molecule has 1 aliphatic rings. The summed E-state index contributed by atoms with van der Waals surface area (Å²) >= 11 is 0. The maximum Gasteiger partial charge on any atom is 0.104 e. The Bertz CT molecular complexity index is 312. The molecule has 0 saturated carbocycles. The molecule has 0 aliphatic carbocycles. The van der Waals surface area contributed by atoms with Crippen molar-refractivity contribution in [3.8, 4) is 0 Å². The largest absolute Gasteiger partial charge is 0.320 e. The van der Waals surface area contributed by atoms with Crippen LogP contribution in [0.1, 0.15) is 44.6 Å². The third kappa shape index (κ3) is 3.57. The summed E-state index contributed by atoms with van der Waals surface area (Å²) in [6, 6.07) is 11.1. The van der Waals surface area contributed by atoms with Crippen molar-refractivity contribution in [3.05, 3.63) is 35.9 Å². The lowest BCUT2D eigenvalue weighted by molar-refractivity contribution is -0.945. The lowest BCUT2D eigenvalue weighted by Gasteiger charge is -2.42. The van der Waals surface area contributed by atoms with Gasteiger partial charge in [0.2, 0.25) is 0 Å². The predicted molar refractivity (Wildman–Crippen MR) is 73.8 cm³/mol. The summed E-state index contributed by atoms with van der Waals surface area (Å²) in [5, 5.41) is 0. The average Bonchev–Trinajstić information content (AvgIpc) is 2.39. The molecule has 1 heterocycles. The molecule has 17 heavy (non-hydrogen) atoms. The van der Waals surface area contributed by atoms with Crippen LogP contribution in [0.5, 0.6) is 0 Å². The minimum Gasteiger partial charge on any atom is -0.320 e. The second-order valence-electron chi connectivity index (χ2n) is 5.57. The molecule has 1 nitrogen and oxygen atoms in total. The Morgan fingerprint density at radius 3 is 2.35 bits per heavy atom. The summed E-state index contributed by atoms with van der Waals surface area (Å²) in [5.74, 6) is 0. The van der Waals surface area contributed by atoms with Crippen LogP contribution >= 0.6 is 0 Å². The van der Waals surface area contributed by atoms with Crippen molar-refractivity contribution < 1.29 is 4.48 Å². The van der Waals surface area contributed by atoms with Crippen LogP contribution in [0, 0.1) is 0 Å². The Balaban J connectivity index is 2.04. The summed E-state index contributed by atoms with van der Waals surface area (Å²) in [7, 11) is 0. The van der Waals surface area contributed by atoms with E-state index in [4.69, 9.17) is 0 Å². The van der Waals surface area contributed by atoms with Gasteiger partial charge in [-0.1, -0.05) is 43.7 Å². The molecule has 0 radical (unpaired) electrons. The van der Waals surface area contributed by atoms with Gasteiger partial charge < -0.3 is 4.48 Å². The molecular weight excluding hydrogens is 206 g/mol. The molecule has 1 saturated heterocycles. The first-order valence-electron chi connectivity index (χ1n) is 7.24. The molecular formula is C16H26N+. The fourth-order valence-corrected chi connectivity index (χ4v) is 3.11. The minimum absolute atomic E-state index is 1.25. The summed E-state index contributed by atoms with van der Waals surface area (Å²) in [5.41, 5.74) is 1.52. The first kappa shape index (κ1) is 12.6. The van der Waals surface area contributed by atoms with Crippen molar-refractivity contribution in [2.75, 3.05) is 19.6 Å². The van der Waals surface area contributed by atoms with Gasteiger partial charge in [0.1, 0.15) is 6.54 Å². The van der Waals surface area contributed by atoms with Crippen molar-refractivity contribution in [3.63, 3.8) is 0 Å². The summed E-state index contributed by atoms with van der Waals surface area (Å²) in [6.45, 7) is 7.74. The highest BCUT2D eigenvalue weighted by Gasteiger charge is 2.29. The second kappa shape index (κ2) is 6.20. The first-order valence-corrected chi connectivity index (χ1v) is 7.24. The predicted octanol–water partition coefficient (Wildman–Crippen LogP) is 3.99. The lowest BCUT2D eigenvalue weighted by Crippen LogP contribution is -2.51. The molecule has 1 aliphatic heterocycles. The first-order chi connectivity index (χ1) is 8.35. The Hall–Kier alpha value is -0.820. The van der Waals surface area contributed by atoms with E-state index in [0.717, 1.165) is 0 Å². The van der Waals surface area contributed by atoms with Gasteiger partial charge in [0.15, 0.2) is 0 Å². The van der Waals surface area contributed by atoms with Gasteiger partial charge in [-0.25, -0.2) is 0 Å². The van der Waals surface area contributed by atoms with Crippen molar-refractivity contribution in [2.24, 2.45) is 0 Å². The molecule has 0 N–H and O–H groups in total. The zero-order chi connectivity index (χ0) is 12.0. The molecule has 0 atom stereocenters. The summed E-state index contributed by atoms with van der Waals surface area (Å²) in [6.07, 6.45) is 7.01. The van der Waals surface area contributed by atoms with Crippen molar-refractivity contribution in [1.29, 1.82) is 0 Å². The molecule has 0 aromatic heterocycles. The molecule has 94 valence electrons. The standard InChI is InChI=1S/C16H26N/c1-2-3-12-17(13-8-5-9-14-17)15-16-10-6-4-7-11-16/h4,6-7,10-11H,2-3,5,8-9,12-15H2,1H3/q+1. The Labute approximate surface area is 106 Å². The van der Waals surface area contributed by atoms with Gasteiger partial charge in [-0.15, -0.1) is 0 Å². The van der Waals surface area contributed by atoms with Gasteiger partial charge in [-0.2, -0.15) is 0 Å². The molecule has 1 fully saturated rings. The summed E-state index contributed by atoms with van der Waals surface area (Å²) in [4.78, 5) is 0. The number of unbranched alkanes of at least 4 members (excludes halogenated alkanes) is 1. The molecule has 1 aromatic carbocycles. The molecule has 1 heteroatoms. The van der Waals surface area contributed by atoms with E-state index >= 15 is 0 Å². The van der Waals surface area contributed by atoms with Gasteiger partial charge >= 0.3 is 0 Å². The molecule has 0 spiro atoms. The zero-order valence-electron chi connectivity index (χ0n) is 11.2. The van der Waals surface area contributed by atoms with Crippen LogP contribution in [0.4, 0.5) is 0 Å². The van der Waals surface area contributed by atoms with E-state index in [1.54, 1.807) is 0 Å². The topological polar surface area (TPSA) is 0 Å².